The van der Waals surface area contributed by atoms with Gasteiger partial charge in [-0.25, -0.2) is 4.79 Å². The minimum Gasteiger partial charge on any atom is -0.476 e. The third-order valence-corrected chi connectivity index (χ3v) is 5.26. The minimum atomic E-state index is -1.39. The van der Waals surface area contributed by atoms with Crippen LogP contribution >= 0.6 is 0 Å². The summed E-state index contributed by atoms with van der Waals surface area (Å²) >= 11 is 0. The maximum Gasteiger partial charge on any atom is 0.372 e. The molecule has 5 nitrogen and oxygen atoms in total. The first-order chi connectivity index (χ1) is 12.0. The maximum absolute atomic E-state index is 11.0. The molecule has 0 spiro atoms. The third-order valence-electron chi connectivity index (χ3n) is 5.26. The molecule has 1 aliphatic carbocycles. The second-order valence-electron chi connectivity index (χ2n) is 7.23. The van der Waals surface area contributed by atoms with E-state index in [4.69, 9.17) is 5.11 Å². The zero-order valence-electron chi connectivity index (χ0n) is 15.4. The molecule has 5 heteroatoms. The number of rotatable bonds is 13. The summed E-state index contributed by atoms with van der Waals surface area (Å²) in [7, 11) is 0. The van der Waals surface area contributed by atoms with E-state index in [0.717, 1.165) is 12.8 Å². The van der Waals surface area contributed by atoms with Crippen LogP contribution in [0.1, 0.15) is 77.6 Å². The van der Waals surface area contributed by atoms with Crippen LogP contribution in [0.3, 0.4) is 0 Å². The molecule has 0 aromatic heterocycles. The number of hydrogen-bond acceptors (Lipinski definition) is 4. The molecule has 0 radical (unpaired) electrons. The highest BCUT2D eigenvalue weighted by molar-refractivity contribution is 6.32. The van der Waals surface area contributed by atoms with Crippen LogP contribution in [-0.2, 0) is 9.59 Å². The molecule has 1 rings (SSSR count). The number of Topliss-reactive ketones (excluding diaryl/α,β-unsaturated/α-hetero) is 1. The Kier molecular flexibility index (Phi) is 10.7. The largest absolute Gasteiger partial charge is 0.476 e. The number of aliphatic hydroxyl groups excluding tert-OH is 2. The Labute approximate surface area is 151 Å². The molecule has 0 aromatic carbocycles. The maximum atomic E-state index is 11.0. The summed E-state index contributed by atoms with van der Waals surface area (Å²) in [5.74, 6) is -1.98. The number of hydrogen-bond donors (Lipinski definition) is 3. The van der Waals surface area contributed by atoms with Gasteiger partial charge in [-0.1, -0.05) is 57.6 Å². The fourth-order valence-corrected chi connectivity index (χ4v) is 3.76. The summed E-state index contributed by atoms with van der Waals surface area (Å²) in [5, 5.41) is 28.9. The van der Waals surface area contributed by atoms with E-state index in [1.807, 2.05) is 6.08 Å². The van der Waals surface area contributed by atoms with Crippen molar-refractivity contribution in [2.75, 3.05) is 0 Å². The summed E-state index contributed by atoms with van der Waals surface area (Å²) in [5.41, 5.74) is 0. The smallest absolute Gasteiger partial charge is 0.372 e. The zero-order valence-corrected chi connectivity index (χ0v) is 15.4. The highest BCUT2D eigenvalue weighted by Crippen LogP contribution is 2.38. The van der Waals surface area contributed by atoms with Crippen molar-refractivity contribution in [1.29, 1.82) is 0 Å². The zero-order chi connectivity index (χ0) is 18.7. The monoisotopic (exact) mass is 354 g/mol. The summed E-state index contributed by atoms with van der Waals surface area (Å²) in [6.07, 6.45) is 12.6. The number of carboxylic acid groups (broad SMARTS) is 1. The van der Waals surface area contributed by atoms with Gasteiger partial charge >= 0.3 is 5.97 Å². The quantitative estimate of drug-likeness (QED) is 0.267. The van der Waals surface area contributed by atoms with E-state index in [-0.39, 0.29) is 18.3 Å². The van der Waals surface area contributed by atoms with Crippen molar-refractivity contribution in [3.63, 3.8) is 0 Å². The number of allylic oxidation sites excluding steroid dienone is 2. The van der Waals surface area contributed by atoms with Crippen molar-refractivity contribution in [1.82, 2.24) is 0 Å². The number of carbonyl (C=O) groups excluding carboxylic acids is 1. The van der Waals surface area contributed by atoms with Crippen LogP contribution in [0.5, 0.6) is 0 Å². The second kappa shape index (κ2) is 12.2. The molecule has 0 aromatic rings. The fourth-order valence-electron chi connectivity index (χ4n) is 3.76. The summed E-state index contributed by atoms with van der Waals surface area (Å²) in [6, 6.07) is 0. The Bertz CT molecular complexity index is 432. The number of aliphatic carboxylic acids is 1. The Balaban J connectivity index is 2.33. The van der Waals surface area contributed by atoms with Crippen LogP contribution in [0.2, 0.25) is 0 Å². The van der Waals surface area contributed by atoms with Crippen LogP contribution in [0, 0.1) is 11.8 Å². The molecule has 0 heterocycles. The average molecular weight is 354 g/mol. The molecule has 4 atom stereocenters. The van der Waals surface area contributed by atoms with Gasteiger partial charge in [0, 0.05) is 6.42 Å². The lowest BCUT2D eigenvalue weighted by Crippen LogP contribution is -2.21. The lowest BCUT2D eigenvalue weighted by Gasteiger charge is -2.22. The number of ketones is 1. The highest BCUT2D eigenvalue weighted by atomic mass is 16.4. The van der Waals surface area contributed by atoms with Gasteiger partial charge in [-0.2, -0.15) is 0 Å². The Morgan fingerprint density at radius 1 is 0.960 bits per heavy atom. The summed E-state index contributed by atoms with van der Waals surface area (Å²) in [6.45, 7) is 2.20. The van der Waals surface area contributed by atoms with Crippen LogP contribution in [-0.4, -0.2) is 39.3 Å². The number of aliphatic hydroxyl groups is 2. The lowest BCUT2D eigenvalue weighted by molar-refractivity contribution is -0.149. The Morgan fingerprint density at radius 2 is 1.60 bits per heavy atom. The highest BCUT2D eigenvalue weighted by Gasteiger charge is 2.40. The first-order valence-corrected chi connectivity index (χ1v) is 9.74. The van der Waals surface area contributed by atoms with Crippen LogP contribution in [0.15, 0.2) is 12.2 Å². The SMILES string of the molecule is CCCCCCCC[C@@H]1[C@@H](CC=CCCC(=O)C(=O)O)[C@@H](O)C[C@H]1O. The van der Waals surface area contributed by atoms with Crippen molar-refractivity contribution in [3.05, 3.63) is 12.2 Å². The van der Waals surface area contributed by atoms with Crippen molar-refractivity contribution in [3.8, 4) is 0 Å². The molecule has 0 aliphatic heterocycles. The fraction of sp³-hybridized carbons (Fsp3) is 0.800. The van der Waals surface area contributed by atoms with Gasteiger partial charge in [0.15, 0.2) is 0 Å². The van der Waals surface area contributed by atoms with Gasteiger partial charge in [0.1, 0.15) is 0 Å². The van der Waals surface area contributed by atoms with E-state index in [2.05, 4.69) is 6.92 Å². The number of unbranched alkanes of at least 4 members (excludes halogenated alkanes) is 5. The molecular weight excluding hydrogens is 320 g/mol. The molecular formula is C20H34O5. The third kappa shape index (κ3) is 8.15. The van der Waals surface area contributed by atoms with Crippen LogP contribution in [0.25, 0.3) is 0 Å². The standard InChI is InChI=1S/C20H34O5/c1-2-3-4-5-6-8-11-15-16(19(23)14-18(15)22)12-9-7-10-13-17(21)20(24)25/h7,9,15-16,18-19,22-23H,2-6,8,10-14H2,1H3,(H,24,25)/t15-,16-,18-,19+/m1/s1. The molecule has 144 valence electrons. The topological polar surface area (TPSA) is 94.8 Å². The molecule has 0 bridgehead atoms. The molecule has 1 aliphatic rings. The van der Waals surface area contributed by atoms with E-state index in [0.29, 0.717) is 19.3 Å². The summed E-state index contributed by atoms with van der Waals surface area (Å²) < 4.78 is 0. The van der Waals surface area contributed by atoms with Crippen LogP contribution in [0.4, 0.5) is 0 Å². The Hall–Kier alpha value is -1.20. The van der Waals surface area contributed by atoms with Gasteiger partial charge in [0.05, 0.1) is 12.2 Å². The normalized spacial score (nSPS) is 26.4. The van der Waals surface area contributed by atoms with E-state index < -0.39 is 24.0 Å². The average Bonchev–Trinajstić information content (AvgIpc) is 2.83. The minimum absolute atomic E-state index is 0.00284. The first-order valence-electron chi connectivity index (χ1n) is 9.74. The molecule has 1 saturated carbocycles. The van der Waals surface area contributed by atoms with Crippen molar-refractivity contribution >= 4 is 11.8 Å². The van der Waals surface area contributed by atoms with Gasteiger partial charge in [-0.3, -0.25) is 4.79 Å². The Morgan fingerprint density at radius 3 is 2.28 bits per heavy atom. The van der Waals surface area contributed by atoms with Gasteiger partial charge in [0.2, 0.25) is 5.78 Å². The van der Waals surface area contributed by atoms with Crippen molar-refractivity contribution in [2.24, 2.45) is 11.8 Å². The second-order valence-corrected chi connectivity index (χ2v) is 7.23. The molecule has 0 unspecified atom stereocenters. The van der Waals surface area contributed by atoms with Gasteiger partial charge in [-0.05, 0) is 37.5 Å². The van der Waals surface area contributed by atoms with Gasteiger partial charge in [0.25, 0.3) is 0 Å². The van der Waals surface area contributed by atoms with E-state index >= 15 is 0 Å². The molecule has 1 fully saturated rings. The lowest BCUT2D eigenvalue weighted by atomic mass is 9.86. The summed E-state index contributed by atoms with van der Waals surface area (Å²) in [4.78, 5) is 21.5. The van der Waals surface area contributed by atoms with E-state index in [9.17, 15) is 19.8 Å². The first kappa shape index (κ1) is 21.8. The van der Waals surface area contributed by atoms with E-state index in [1.165, 1.54) is 32.1 Å². The number of carboxylic acids is 1. The molecule has 25 heavy (non-hydrogen) atoms. The predicted octanol–water partition coefficient (Wildman–Crippen LogP) is 3.48. The van der Waals surface area contributed by atoms with Gasteiger partial charge in [-0.15, -0.1) is 0 Å². The van der Waals surface area contributed by atoms with Crippen molar-refractivity contribution in [2.45, 2.75) is 89.8 Å². The molecule has 3 N–H and O–H groups in total. The van der Waals surface area contributed by atoms with Gasteiger partial charge < -0.3 is 15.3 Å². The van der Waals surface area contributed by atoms with Crippen molar-refractivity contribution < 1.29 is 24.9 Å². The van der Waals surface area contributed by atoms with E-state index in [1.54, 1.807) is 6.08 Å². The van der Waals surface area contributed by atoms with Crippen LogP contribution < -0.4 is 0 Å². The molecule has 0 amide bonds. The molecule has 0 saturated heterocycles. The number of carbonyl (C=O) groups is 2. The predicted molar refractivity (Wildman–Crippen MR) is 97.2 cm³/mol.